The average Bonchev–Trinajstić information content (AvgIpc) is 2.43. The Morgan fingerprint density at radius 1 is 1.23 bits per heavy atom. The van der Waals surface area contributed by atoms with Crippen molar-refractivity contribution in [1.29, 1.82) is 0 Å². The van der Waals surface area contributed by atoms with Crippen LogP contribution in [0.2, 0.25) is 0 Å². The van der Waals surface area contributed by atoms with Gasteiger partial charge in [-0.15, -0.1) is 0 Å². The highest BCUT2D eigenvalue weighted by molar-refractivity contribution is 6.18. The minimum atomic E-state index is -1.26. The maximum absolute atomic E-state index is 11.9. The van der Waals surface area contributed by atoms with Crippen molar-refractivity contribution < 1.29 is 28.9 Å². The Balaban J connectivity index is 2.33. The molecule has 0 amide bonds. The first kappa shape index (κ1) is 16.0. The van der Waals surface area contributed by atoms with Gasteiger partial charge in [0.2, 0.25) is 0 Å². The molecule has 1 fully saturated rings. The molecule has 1 aliphatic rings. The molecule has 1 aliphatic heterocycles. The quantitative estimate of drug-likeness (QED) is 0.519. The van der Waals surface area contributed by atoms with E-state index in [0.29, 0.717) is 23.5 Å². The number of cyclic esters (lactones) is 2. The Hall–Kier alpha value is -2.34. The summed E-state index contributed by atoms with van der Waals surface area (Å²) in [4.78, 5) is 23.8. The summed E-state index contributed by atoms with van der Waals surface area (Å²) >= 11 is 0. The number of aliphatic hydroxyl groups is 1. The lowest BCUT2D eigenvalue weighted by Gasteiger charge is -2.29. The molecule has 22 heavy (non-hydrogen) atoms. The van der Waals surface area contributed by atoms with Crippen molar-refractivity contribution in [2.45, 2.75) is 33.2 Å². The number of aliphatic hydroxyl groups excluding tert-OH is 1. The maximum Gasteiger partial charge on any atom is 0.348 e. The van der Waals surface area contributed by atoms with E-state index in [4.69, 9.17) is 14.2 Å². The predicted molar refractivity (Wildman–Crippen MR) is 77.8 cm³/mol. The summed E-state index contributed by atoms with van der Waals surface area (Å²) < 4.78 is 15.4. The summed E-state index contributed by atoms with van der Waals surface area (Å²) in [7, 11) is 0. The molecule has 1 aromatic carbocycles. The summed E-state index contributed by atoms with van der Waals surface area (Å²) in [5, 5.41) is 9.36. The Bertz CT molecular complexity index is 608. The minimum absolute atomic E-state index is 0.188. The van der Waals surface area contributed by atoms with Crippen LogP contribution in [0, 0.1) is 0 Å². The topological polar surface area (TPSA) is 82.1 Å². The molecule has 1 aromatic rings. The van der Waals surface area contributed by atoms with Crippen molar-refractivity contribution in [3.05, 3.63) is 34.9 Å². The van der Waals surface area contributed by atoms with E-state index in [1.165, 1.54) is 19.9 Å². The highest BCUT2D eigenvalue weighted by Crippen LogP contribution is 2.26. The number of rotatable bonds is 4. The highest BCUT2D eigenvalue weighted by Gasteiger charge is 2.38. The highest BCUT2D eigenvalue weighted by atomic mass is 16.7. The van der Waals surface area contributed by atoms with Crippen molar-refractivity contribution in [2.75, 3.05) is 6.61 Å². The monoisotopic (exact) mass is 306 g/mol. The summed E-state index contributed by atoms with van der Waals surface area (Å²) in [6, 6.07) is 4.99. The lowest BCUT2D eigenvalue weighted by molar-refractivity contribution is -0.222. The van der Waals surface area contributed by atoms with Gasteiger partial charge in [-0.2, -0.15) is 0 Å². The fourth-order valence-electron chi connectivity index (χ4n) is 2.05. The molecule has 2 rings (SSSR count). The van der Waals surface area contributed by atoms with E-state index in [-0.39, 0.29) is 12.2 Å². The van der Waals surface area contributed by atoms with Gasteiger partial charge < -0.3 is 19.3 Å². The fraction of sp³-hybridized carbons (Fsp3) is 0.375. The van der Waals surface area contributed by atoms with Crippen LogP contribution in [0.4, 0.5) is 0 Å². The van der Waals surface area contributed by atoms with Crippen molar-refractivity contribution in [1.82, 2.24) is 0 Å². The van der Waals surface area contributed by atoms with Crippen LogP contribution in [0.3, 0.4) is 0 Å². The molecule has 0 radical (unpaired) electrons. The first-order valence-corrected chi connectivity index (χ1v) is 6.91. The van der Waals surface area contributed by atoms with Gasteiger partial charge in [0.15, 0.2) is 0 Å². The van der Waals surface area contributed by atoms with Gasteiger partial charge in [0.05, 0.1) is 13.2 Å². The van der Waals surface area contributed by atoms with Crippen LogP contribution in [0.15, 0.2) is 23.8 Å². The van der Waals surface area contributed by atoms with Gasteiger partial charge in [-0.25, -0.2) is 9.59 Å². The molecule has 0 aromatic heterocycles. The van der Waals surface area contributed by atoms with Crippen LogP contribution in [0.25, 0.3) is 6.08 Å². The lowest BCUT2D eigenvalue weighted by atomic mass is 10.1. The molecular formula is C16H18O6. The molecule has 0 saturated carbocycles. The van der Waals surface area contributed by atoms with Crippen LogP contribution < -0.4 is 4.74 Å². The zero-order chi connectivity index (χ0) is 16.3. The van der Waals surface area contributed by atoms with E-state index < -0.39 is 17.7 Å². The molecule has 6 heteroatoms. The van der Waals surface area contributed by atoms with Gasteiger partial charge in [0.25, 0.3) is 5.79 Å². The molecule has 6 nitrogen and oxygen atoms in total. The molecular weight excluding hydrogens is 288 g/mol. The van der Waals surface area contributed by atoms with E-state index >= 15 is 0 Å². The SMILES string of the molecule is CCOc1ccc(C=C2C(=O)OC(C)(C)OC2=O)cc1CO. The number of carbonyl (C=O) groups excluding carboxylic acids is 2. The van der Waals surface area contributed by atoms with Gasteiger partial charge in [0.1, 0.15) is 11.3 Å². The molecule has 0 unspecified atom stereocenters. The van der Waals surface area contributed by atoms with Crippen LogP contribution in [-0.2, 0) is 25.7 Å². The van der Waals surface area contributed by atoms with E-state index in [1.807, 2.05) is 6.92 Å². The Morgan fingerprint density at radius 3 is 2.41 bits per heavy atom. The molecule has 0 atom stereocenters. The molecule has 118 valence electrons. The maximum atomic E-state index is 11.9. The fourth-order valence-corrected chi connectivity index (χ4v) is 2.05. The first-order valence-electron chi connectivity index (χ1n) is 6.91. The minimum Gasteiger partial charge on any atom is -0.494 e. The summed E-state index contributed by atoms with van der Waals surface area (Å²) in [5.74, 6) is -2.18. The zero-order valence-electron chi connectivity index (χ0n) is 12.7. The standard InChI is InChI=1S/C16H18O6/c1-4-20-13-6-5-10(7-11(13)9-17)8-12-14(18)21-16(2,3)22-15(12)19/h5-8,17H,4,9H2,1-3H3. The first-order chi connectivity index (χ1) is 10.4. The molecule has 0 spiro atoms. The van der Waals surface area contributed by atoms with Crippen molar-refractivity contribution in [3.8, 4) is 5.75 Å². The zero-order valence-corrected chi connectivity index (χ0v) is 12.7. The summed E-state index contributed by atoms with van der Waals surface area (Å²) in [6.45, 7) is 5.07. The van der Waals surface area contributed by atoms with Crippen molar-refractivity contribution in [2.24, 2.45) is 0 Å². The predicted octanol–water partition coefficient (Wildman–Crippen LogP) is 1.80. The van der Waals surface area contributed by atoms with E-state index in [2.05, 4.69) is 0 Å². The number of esters is 2. The lowest BCUT2D eigenvalue weighted by Crippen LogP contribution is -2.41. The second kappa shape index (κ2) is 6.19. The van der Waals surface area contributed by atoms with Crippen molar-refractivity contribution in [3.63, 3.8) is 0 Å². The van der Waals surface area contributed by atoms with Gasteiger partial charge >= 0.3 is 11.9 Å². The van der Waals surface area contributed by atoms with Crippen LogP contribution >= 0.6 is 0 Å². The van der Waals surface area contributed by atoms with E-state index in [9.17, 15) is 14.7 Å². The third-order valence-corrected chi connectivity index (χ3v) is 2.98. The Labute approximate surface area is 128 Å². The molecule has 1 N–H and O–H groups in total. The molecule has 1 heterocycles. The normalized spacial score (nSPS) is 16.8. The number of hydrogen-bond donors (Lipinski definition) is 1. The van der Waals surface area contributed by atoms with Gasteiger partial charge in [-0.3, -0.25) is 0 Å². The summed E-state index contributed by atoms with van der Waals surface area (Å²) in [5.41, 5.74) is 0.942. The second-order valence-electron chi connectivity index (χ2n) is 5.20. The average molecular weight is 306 g/mol. The smallest absolute Gasteiger partial charge is 0.348 e. The molecule has 0 aliphatic carbocycles. The van der Waals surface area contributed by atoms with Crippen LogP contribution in [0.5, 0.6) is 5.75 Å². The number of hydrogen-bond acceptors (Lipinski definition) is 6. The second-order valence-corrected chi connectivity index (χ2v) is 5.20. The van der Waals surface area contributed by atoms with E-state index in [0.717, 1.165) is 0 Å². The van der Waals surface area contributed by atoms with Crippen LogP contribution in [0.1, 0.15) is 31.9 Å². The third kappa shape index (κ3) is 3.46. The Kier molecular flexibility index (Phi) is 4.51. The number of ether oxygens (including phenoxy) is 3. The third-order valence-electron chi connectivity index (χ3n) is 2.98. The molecule has 1 saturated heterocycles. The Morgan fingerprint density at radius 2 is 1.86 bits per heavy atom. The largest absolute Gasteiger partial charge is 0.494 e. The van der Waals surface area contributed by atoms with Crippen molar-refractivity contribution >= 4 is 18.0 Å². The number of carbonyl (C=O) groups is 2. The van der Waals surface area contributed by atoms with Gasteiger partial charge in [-0.05, 0) is 30.7 Å². The number of benzene rings is 1. The molecule has 0 bridgehead atoms. The summed E-state index contributed by atoms with van der Waals surface area (Å²) in [6.07, 6.45) is 1.37. The van der Waals surface area contributed by atoms with E-state index in [1.54, 1.807) is 18.2 Å². The van der Waals surface area contributed by atoms with Crippen LogP contribution in [-0.4, -0.2) is 29.4 Å². The van der Waals surface area contributed by atoms with Gasteiger partial charge in [-0.1, -0.05) is 6.07 Å². The van der Waals surface area contributed by atoms with Gasteiger partial charge in [0, 0.05) is 19.4 Å².